The van der Waals surface area contributed by atoms with Crippen molar-refractivity contribution >= 4 is 70.6 Å². The van der Waals surface area contributed by atoms with Crippen LogP contribution in [-0.2, 0) is 5.21 Å². The third-order valence-corrected chi connectivity index (χ3v) is 4.56. The Bertz CT molecular complexity index is 624. The van der Waals surface area contributed by atoms with E-state index in [-0.39, 0.29) is 15.7 Å². The van der Waals surface area contributed by atoms with E-state index in [1.165, 1.54) is 5.56 Å². The molecular formula is C12H26B9NO2. The lowest BCUT2D eigenvalue weighted by molar-refractivity contribution is 0.0833. The van der Waals surface area contributed by atoms with Gasteiger partial charge in [0.1, 0.15) is 54.9 Å². The van der Waals surface area contributed by atoms with Gasteiger partial charge in [0.15, 0.2) is 32.8 Å². The van der Waals surface area contributed by atoms with E-state index >= 15 is 0 Å². The van der Waals surface area contributed by atoms with Crippen LogP contribution in [0.1, 0.15) is 12.5 Å². The van der Waals surface area contributed by atoms with Gasteiger partial charge in [-0.1, -0.05) is 29.0 Å². The van der Waals surface area contributed by atoms with Gasteiger partial charge < -0.3 is 14.8 Å². The number of benzene rings is 1. The molecule has 0 unspecified atom stereocenters. The summed E-state index contributed by atoms with van der Waals surface area (Å²) < 4.78 is 11.8. The van der Waals surface area contributed by atoms with Gasteiger partial charge in [0.25, 0.3) is 0 Å². The molecule has 0 spiro atoms. The minimum Gasteiger partial charge on any atom is -0.467 e. The number of hydrogen-bond acceptors (Lipinski definition) is 3. The van der Waals surface area contributed by atoms with Crippen molar-refractivity contribution in [3.63, 3.8) is 0 Å². The Labute approximate surface area is 155 Å². The number of ether oxygens (including phenoxy) is 2. The van der Waals surface area contributed by atoms with E-state index in [1.807, 2.05) is 21.8 Å². The summed E-state index contributed by atoms with van der Waals surface area (Å²) in [5.41, 5.74) is 0.678. The summed E-state index contributed by atoms with van der Waals surface area (Å²) in [5, 5.41) is 3.95. The minimum atomic E-state index is -0.585. The standard InChI is InChI=1S/C12H26B9NO2/c1-9(13,14)8(22-11(17,18)19)10(15,16)5-2-3-6-7(4-5)24-12(20,21)23-6/h2-4,8,22H,13-21H2,1H3/t8-/m0/s1. The van der Waals surface area contributed by atoms with Gasteiger partial charge in [0.2, 0.25) is 0 Å². The lowest BCUT2D eigenvalue weighted by Crippen LogP contribution is -2.64. The van der Waals surface area contributed by atoms with Crippen molar-refractivity contribution in [1.82, 2.24) is 5.32 Å². The fourth-order valence-corrected chi connectivity index (χ4v) is 3.70. The smallest absolute Gasteiger partial charge is 0.197 e. The molecule has 1 atom stereocenters. The van der Waals surface area contributed by atoms with Crippen LogP contribution in [0.25, 0.3) is 0 Å². The largest absolute Gasteiger partial charge is 0.467 e. The Hall–Kier alpha value is -0.636. The molecule has 0 saturated heterocycles. The second kappa shape index (κ2) is 5.97. The van der Waals surface area contributed by atoms with Crippen molar-refractivity contribution in [2.45, 2.75) is 34.2 Å². The lowest BCUT2D eigenvalue weighted by Gasteiger charge is -2.48. The summed E-state index contributed by atoms with van der Waals surface area (Å²) in [6.45, 7) is 2.30. The zero-order valence-electron chi connectivity index (χ0n) is 17.1. The third-order valence-electron chi connectivity index (χ3n) is 4.56. The van der Waals surface area contributed by atoms with Gasteiger partial charge in [0, 0.05) is 0 Å². The highest BCUT2D eigenvalue weighted by atomic mass is 16.7. The van der Waals surface area contributed by atoms with Gasteiger partial charge in [-0.05, 0) is 23.4 Å². The average molecular weight is 314 g/mol. The lowest BCUT2D eigenvalue weighted by atomic mass is 9.35. The Morgan fingerprint density at radius 3 is 2.00 bits per heavy atom. The first-order valence-corrected chi connectivity index (χ1v) is 8.92. The summed E-state index contributed by atoms with van der Waals surface area (Å²) in [7, 11) is 19.8. The first-order chi connectivity index (χ1) is 10.6. The topological polar surface area (TPSA) is 30.5 Å². The molecule has 2 rings (SSSR count). The van der Waals surface area contributed by atoms with Crippen LogP contribution in [0.5, 0.6) is 11.5 Å². The monoisotopic (exact) mass is 315 g/mol. The molecule has 0 aromatic heterocycles. The molecule has 0 amide bonds. The van der Waals surface area contributed by atoms with E-state index in [9.17, 15) is 0 Å². The molecule has 118 valence electrons. The zero-order chi connectivity index (χ0) is 18.6. The van der Waals surface area contributed by atoms with Crippen LogP contribution in [0, 0.1) is 0 Å². The molecule has 0 saturated carbocycles. The van der Waals surface area contributed by atoms with Gasteiger partial charge in [-0.2, -0.15) is 0 Å². The highest BCUT2D eigenvalue weighted by Crippen LogP contribution is 2.41. The Morgan fingerprint density at radius 2 is 1.50 bits per heavy atom. The fraction of sp³-hybridized carbons (Fsp3) is 0.500. The minimum absolute atomic E-state index is 0.0492. The molecule has 12 heteroatoms. The van der Waals surface area contributed by atoms with E-state index in [4.69, 9.17) is 9.47 Å². The molecular weight excluding hydrogens is 287 g/mol. The highest BCUT2D eigenvalue weighted by molar-refractivity contribution is 6.59. The molecule has 24 heavy (non-hydrogen) atoms. The molecule has 3 nitrogen and oxygen atoms in total. The molecule has 0 bridgehead atoms. The average Bonchev–Trinajstić information content (AvgIpc) is 2.66. The van der Waals surface area contributed by atoms with E-state index in [1.54, 1.807) is 0 Å². The number of hydrogen-bond donors (Lipinski definition) is 1. The van der Waals surface area contributed by atoms with Gasteiger partial charge in [-0.25, -0.2) is 0 Å². The summed E-state index contributed by atoms with van der Waals surface area (Å²) >= 11 is 0. The van der Waals surface area contributed by atoms with Crippen molar-refractivity contribution in [3.05, 3.63) is 23.8 Å². The fourth-order valence-electron chi connectivity index (χ4n) is 3.70. The summed E-state index contributed by atoms with van der Waals surface area (Å²) in [5.74, 6) is 1.67. The van der Waals surface area contributed by atoms with Crippen LogP contribution in [-0.4, -0.2) is 87.5 Å². The predicted octanol–water partition coefficient (Wildman–Crippen LogP) is -7.37. The Morgan fingerprint density at radius 1 is 0.958 bits per heavy atom. The van der Waals surface area contributed by atoms with E-state index in [0.29, 0.717) is 6.04 Å². The summed E-state index contributed by atoms with van der Waals surface area (Å²) in [6.07, 6.45) is 0. The van der Waals surface area contributed by atoms with Crippen LogP contribution in [0.2, 0.25) is 5.21 Å². The maximum Gasteiger partial charge on any atom is 0.197 e. The van der Waals surface area contributed by atoms with Crippen molar-refractivity contribution in [2.24, 2.45) is 0 Å². The number of fused-ring (bicyclic) bond motifs is 1. The van der Waals surface area contributed by atoms with E-state index in [2.05, 4.69) is 79.3 Å². The molecule has 1 N–H and O–H groups in total. The Kier molecular flexibility index (Phi) is 4.89. The van der Waals surface area contributed by atoms with Crippen LogP contribution >= 0.6 is 0 Å². The van der Waals surface area contributed by atoms with Gasteiger partial charge >= 0.3 is 0 Å². The number of rotatable bonds is 5. The maximum atomic E-state index is 5.95. The molecule has 1 heterocycles. The molecule has 1 aliphatic heterocycles. The van der Waals surface area contributed by atoms with E-state index in [0.717, 1.165) is 11.5 Å². The van der Waals surface area contributed by atoms with Crippen LogP contribution in [0.3, 0.4) is 0 Å². The van der Waals surface area contributed by atoms with Crippen LogP contribution < -0.4 is 14.8 Å². The first kappa shape index (κ1) is 19.7. The molecule has 1 aromatic carbocycles. The number of nitrogens with one attached hydrogen (secondary N) is 1. The second-order valence-corrected chi connectivity index (χ2v) is 10.2. The molecule has 1 aromatic rings. The first-order valence-electron chi connectivity index (χ1n) is 8.92. The van der Waals surface area contributed by atoms with Gasteiger partial charge in [-0.15, -0.1) is 0 Å². The van der Waals surface area contributed by atoms with Gasteiger partial charge in [0.05, 0.1) is 0 Å². The van der Waals surface area contributed by atoms with Gasteiger partial charge in [-0.3, -0.25) is 0 Å². The maximum absolute atomic E-state index is 5.95. The molecule has 1 aliphatic rings. The highest BCUT2D eigenvalue weighted by Gasteiger charge is 2.41. The summed E-state index contributed by atoms with van der Waals surface area (Å²) in [6, 6.07) is 6.66. The normalized spacial score (nSPS) is 18.2. The SMILES string of the molecule is BC(B)(B)N[C@@H](C(B)(B)C)C(B)(B)c1ccc2c(c1)OC(B)(B)O2. The van der Waals surface area contributed by atoms with Crippen molar-refractivity contribution in [1.29, 1.82) is 0 Å². The van der Waals surface area contributed by atoms with Crippen LogP contribution in [0.4, 0.5) is 0 Å². The van der Waals surface area contributed by atoms with Crippen LogP contribution in [0.15, 0.2) is 18.2 Å². The summed E-state index contributed by atoms with van der Waals surface area (Å²) in [4.78, 5) is 0. The third kappa shape index (κ3) is 4.31. The zero-order valence-corrected chi connectivity index (χ0v) is 17.1. The Balaban J connectivity index is 2.41. The molecule has 0 fully saturated rings. The van der Waals surface area contributed by atoms with E-state index < -0.39 is 5.59 Å². The quantitative estimate of drug-likeness (QED) is 0.548. The van der Waals surface area contributed by atoms with Crippen molar-refractivity contribution < 1.29 is 9.47 Å². The second-order valence-electron chi connectivity index (χ2n) is 10.2. The van der Waals surface area contributed by atoms with Crippen molar-refractivity contribution in [2.75, 3.05) is 0 Å². The molecule has 0 radical (unpaired) electrons. The predicted molar refractivity (Wildman–Crippen MR) is 127 cm³/mol. The molecule has 0 aliphatic carbocycles. The van der Waals surface area contributed by atoms with Crippen molar-refractivity contribution in [3.8, 4) is 11.5 Å².